The van der Waals surface area contributed by atoms with Crippen LogP contribution in [0, 0.1) is 17.7 Å². The van der Waals surface area contributed by atoms with Crippen LogP contribution < -0.4 is 5.32 Å². The summed E-state index contributed by atoms with van der Waals surface area (Å²) in [5.41, 5.74) is 1.10. The Labute approximate surface area is 144 Å². The summed E-state index contributed by atoms with van der Waals surface area (Å²) in [4.78, 5) is 22.8. The zero-order chi connectivity index (χ0) is 18.1. The van der Waals surface area contributed by atoms with Crippen molar-refractivity contribution in [3.05, 3.63) is 71.0 Å². The Morgan fingerprint density at radius 2 is 1.92 bits per heavy atom. The first-order valence-electron chi connectivity index (χ1n) is 7.41. The number of nitrogens with one attached hydrogen (secondary N) is 1. The van der Waals surface area contributed by atoms with E-state index in [4.69, 9.17) is 4.74 Å². The van der Waals surface area contributed by atoms with Gasteiger partial charge in [0.05, 0.1) is 19.2 Å². The highest BCUT2D eigenvalue weighted by atomic mass is 19.1. The molecule has 0 fully saturated rings. The van der Waals surface area contributed by atoms with Gasteiger partial charge in [0, 0.05) is 5.56 Å². The van der Waals surface area contributed by atoms with Crippen molar-refractivity contribution in [3.63, 3.8) is 0 Å². The smallest absolute Gasteiger partial charge is 0.408 e. The van der Waals surface area contributed by atoms with Gasteiger partial charge in [-0.05, 0) is 23.8 Å². The Morgan fingerprint density at radius 1 is 1.16 bits per heavy atom. The highest BCUT2D eigenvalue weighted by molar-refractivity contribution is 5.89. The van der Waals surface area contributed by atoms with Gasteiger partial charge in [-0.15, -0.1) is 0 Å². The summed E-state index contributed by atoms with van der Waals surface area (Å²) in [7, 11) is 1.18. The summed E-state index contributed by atoms with van der Waals surface area (Å²) in [6, 6.07) is 13.2. The second-order valence-corrected chi connectivity index (χ2v) is 4.90. The number of amides is 1. The quantitative estimate of drug-likeness (QED) is 0.686. The number of carbonyl (C=O) groups excluding carboxylic acids is 2. The molecule has 0 radical (unpaired) electrons. The van der Waals surface area contributed by atoms with E-state index in [-0.39, 0.29) is 18.7 Å². The average Bonchev–Trinajstić information content (AvgIpc) is 2.64. The van der Waals surface area contributed by atoms with E-state index in [1.54, 1.807) is 0 Å². The van der Waals surface area contributed by atoms with Crippen LogP contribution >= 0.6 is 0 Å². The average molecular weight is 341 g/mol. The van der Waals surface area contributed by atoms with Crippen LogP contribution in [0.2, 0.25) is 0 Å². The Balaban J connectivity index is 1.81. The summed E-state index contributed by atoms with van der Waals surface area (Å²) >= 11 is 0. The van der Waals surface area contributed by atoms with Gasteiger partial charge < -0.3 is 14.8 Å². The van der Waals surface area contributed by atoms with Gasteiger partial charge in [-0.1, -0.05) is 42.2 Å². The number of alkyl carbamates (subject to hydrolysis) is 1. The van der Waals surface area contributed by atoms with Crippen molar-refractivity contribution in [1.82, 2.24) is 5.32 Å². The first kappa shape index (κ1) is 18.0. The van der Waals surface area contributed by atoms with Gasteiger partial charge in [0.15, 0.2) is 0 Å². The number of hydrogen-bond donors (Lipinski definition) is 1. The van der Waals surface area contributed by atoms with Crippen LogP contribution in [0.25, 0.3) is 0 Å². The molecule has 1 N–H and O–H groups in total. The van der Waals surface area contributed by atoms with Crippen molar-refractivity contribution in [1.29, 1.82) is 0 Å². The molecular formula is C19H16FNO4. The fraction of sp³-hybridized carbons (Fsp3) is 0.158. The molecule has 0 aromatic heterocycles. The number of halogens is 1. The Bertz CT molecular complexity index is 809. The van der Waals surface area contributed by atoms with Gasteiger partial charge in [0.2, 0.25) is 0 Å². The Kier molecular flexibility index (Phi) is 6.55. The van der Waals surface area contributed by atoms with E-state index in [2.05, 4.69) is 21.9 Å². The van der Waals surface area contributed by atoms with E-state index < -0.39 is 17.9 Å². The molecule has 5 nitrogen and oxygen atoms in total. The van der Waals surface area contributed by atoms with Gasteiger partial charge in [0.25, 0.3) is 0 Å². The van der Waals surface area contributed by atoms with Crippen molar-refractivity contribution in [2.24, 2.45) is 0 Å². The Hall–Kier alpha value is -3.33. The summed E-state index contributed by atoms with van der Waals surface area (Å²) in [6.45, 7) is 0.217. The number of benzene rings is 2. The number of carbonyl (C=O) groups is 2. The molecule has 1 amide bonds. The first-order chi connectivity index (χ1) is 12.1. The summed E-state index contributed by atoms with van der Waals surface area (Å²) < 4.78 is 23.2. The molecule has 0 aliphatic heterocycles. The standard InChI is InChI=1S/C19H16FNO4/c1-24-18(22)16-10-9-14(12-17(16)20)8-5-11-21-19(23)25-13-15-6-3-2-4-7-15/h2-4,6-7,9-10,12H,11,13H2,1H3,(H,21,23). The topological polar surface area (TPSA) is 64.6 Å². The molecule has 0 unspecified atom stereocenters. The molecule has 0 aliphatic carbocycles. The normalized spacial score (nSPS) is 9.52. The third-order valence-electron chi connectivity index (χ3n) is 3.14. The van der Waals surface area contributed by atoms with Crippen LogP contribution in [-0.4, -0.2) is 25.7 Å². The maximum atomic E-state index is 13.7. The molecule has 0 bridgehead atoms. The lowest BCUT2D eigenvalue weighted by molar-refractivity contribution is 0.0595. The van der Waals surface area contributed by atoms with Gasteiger partial charge in [-0.2, -0.15) is 0 Å². The first-order valence-corrected chi connectivity index (χ1v) is 7.41. The number of rotatable bonds is 4. The lowest BCUT2D eigenvalue weighted by Crippen LogP contribution is -2.24. The molecule has 25 heavy (non-hydrogen) atoms. The fourth-order valence-corrected chi connectivity index (χ4v) is 1.91. The van der Waals surface area contributed by atoms with E-state index in [1.807, 2.05) is 30.3 Å². The molecule has 0 aliphatic rings. The van der Waals surface area contributed by atoms with Crippen LogP contribution in [0.3, 0.4) is 0 Å². The molecule has 2 aromatic rings. The third-order valence-corrected chi connectivity index (χ3v) is 3.14. The van der Waals surface area contributed by atoms with Gasteiger partial charge >= 0.3 is 12.1 Å². The van der Waals surface area contributed by atoms with Crippen LogP contribution in [0.15, 0.2) is 48.5 Å². The maximum Gasteiger partial charge on any atom is 0.408 e. The van der Waals surface area contributed by atoms with Crippen LogP contribution in [0.4, 0.5) is 9.18 Å². The third kappa shape index (κ3) is 5.66. The van der Waals surface area contributed by atoms with Crippen molar-refractivity contribution in [2.75, 3.05) is 13.7 Å². The van der Waals surface area contributed by atoms with Crippen LogP contribution in [0.1, 0.15) is 21.5 Å². The lowest BCUT2D eigenvalue weighted by atomic mass is 10.1. The minimum absolute atomic E-state index is 0.0496. The summed E-state index contributed by atoms with van der Waals surface area (Å²) in [6.07, 6.45) is -0.592. The minimum Gasteiger partial charge on any atom is -0.465 e. The zero-order valence-electron chi connectivity index (χ0n) is 13.5. The van der Waals surface area contributed by atoms with Gasteiger partial charge in [-0.25, -0.2) is 14.0 Å². The number of ether oxygens (including phenoxy) is 2. The minimum atomic E-state index is -0.750. The highest BCUT2D eigenvalue weighted by Crippen LogP contribution is 2.10. The number of esters is 1. The van der Waals surface area contributed by atoms with Crippen LogP contribution in [-0.2, 0) is 16.1 Å². The molecule has 0 heterocycles. The predicted molar refractivity (Wildman–Crippen MR) is 89.2 cm³/mol. The van der Waals surface area contributed by atoms with Gasteiger partial charge in [0.1, 0.15) is 12.4 Å². The fourth-order valence-electron chi connectivity index (χ4n) is 1.91. The zero-order valence-corrected chi connectivity index (χ0v) is 13.5. The molecule has 0 spiro atoms. The molecular weight excluding hydrogens is 325 g/mol. The second kappa shape index (κ2) is 9.08. The highest BCUT2D eigenvalue weighted by Gasteiger charge is 2.11. The van der Waals surface area contributed by atoms with E-state index in [1.165, 1.54) is 19.2 Å². The summed E-state index contributed by atoms with van der Waals surface area (Å²) in [5.74, 6) is 3.90. The summed E-state index contributed by atoms with van der Waals surface area (Å²) in [5, 5.41) is 2.47. The van der Waals surface area contributed by atoms with E-state index in [0.717, 1.165) is 11.6 Å². The Morgan fingerprint density at radius 3 is 2.60 bits per heavy atom. The maximum absolute atomic E-state index is 13.7. The second-order valence-electron chi connectivity index (χ2n) is 4.90. The van der Waals surface area contributed by atoms with E-state index >= 15 is 0 Å². The largest absolute Gasteiger partial charge is 0.465 e. The van der Waals surface area contributed by atoms with Crippen molar-refractivity contribution < 1.29 is 23.5 Å². The molecule has 2 aromatic carbocycles. The van der Waals surface area contributed by atoms with Gasteiger partial charge in [-0.3, -0.25) is 0 Å². The van der Waals surface area contributed by atoms with E-state index in [9.17, 15) is 14.0 Å². The molecule has 2 rings (SSSR count). The predicted octanol–water partition coefficient (Wildman–Crippen LogP) is 2.89. The van der Waals surface area contributed by atoms with Crippen molar-refractivity contribution in [2.45, 2.75) is 6.61 Å². The SMILES string of the molecule is COC(=O)c1ccc(C#CCNC(=O)OCc2ccccc2)cc1F. The number of hydrogen-bond acceptors (Lipinski definition) is 4. The van der Waals surface area contributed by atoms with Crippen molar-refractivity contribution in [3.8, 4) is 11.8 Å². The molecule has 0 saturated heterocycles. The monoisotopic (exact) mass is 341 g/mol. The van der Waals surface area contributed by atoms with Crippen LogP contribution in [0.5, 0.6) is 0 Å². The molecule has 0 saturated carbocycles. The number of methoxy groups -OCH3 is 1. The van der Waals surface area contributed by atoms with Crippen molar-refractivity contribution >= 4 is 12.1 Å². The molecule has 6 heteroatoms. The molecule has 0 atom stereocenters. The van der Waals surface area contributed by atoms with E-state index in [0.29, 0.717) is 5.56 Å². The molecule has 128 valence electrons. The lowest BCUT2D eigenvalue weighted by Gasteiger charge is -2.04.